The van der Waals surface area contributed by atoms with E-state index in [0.29, 0.717) is 16.6 Å². The Kier molecular flexibility index (Phi) is 3.03. The molecule has 2 nitrogen and oxygen atoms in total. The predicted octanol–water partition coefficient (Wildman–Crippen LogP) is 3.34. The lowest BCUT2D eigenvalue weighted by Crippen LogP contribution is -2.28. The summed E-state index contributed by atoms with van der Waals surface area (Å²) in [6.07, 6.45) is 2.23. The highest BCUT2D eigenvalue weighted by molar-refractivity contribution is 9.10. The molecular weight excluding hydrogens is 277 g/mol. The van der Waals surface area contributed by atoms with Crippen molar-refractivity contribution in [2.24, 2.45) is 0 Å². The average molecular weight is 289 g/mol. The van der Waals surface area contributed by atoms with Crippen LogP contribution < -0.4 is 0 Å². The first-order valence-electron chi connectivity index (χ1n) is 4.81. The van der Waals surface area contributed by atoms with Gasteiger partial charge in [-0.2, -0.15) is 0 Å². The van der Waals surface area contributed by atoms with Crippen molar-refractivity contribution in [1.29, 1.82) is 0 Å². The second kappa shape index (κ2) is 4.14. The zero-order valence-electron chi connectivity index (χ0n) is 8.34. The summed E-state index contributed by atoms with van der Waals surface area (Å²) >= 11 is 9.22. The molecule has 0 heterocycles. The van der Waals surface area contributed by atoms with E-state index in [1.807, 2.05) is 7.05 Å². The van der Waals surface area contributed by atoms with Crippen LogP contribution in [0.15, 0.2) is 22.7 Å². The van der Waals surface area contributed by atoms with Gasteiger partial charge in [0.15, 0.2) is 0 Å². The van der Waals surface area contributed by atoms with Crippen LogP contribution in [0.2, 0.25) is 5.02 Å². The molecule has 0 unspecified atom stereocenters. The summed E-state index contributed by atoms with van der Waals surface area (Å²) in [5, 5.41) is 0.580. The molecule has 4 heteroatoms. The van der Waals surface area contributed by atoms with Crippen molar-refractivity contribution in [2.45, 2.75) is 18.9 Å². The molecule has 1 saturated carbocycles. The first-order valence-corrected chi connectivity index (χ1v) is 5.98. The van der Waals surface area contributed by atoms with Crippen molar-refractivity contribution < 1.29 is 4.79 Å². The summed E-state index contributed by atoms with van der Waals surface area (Å²) in [6.45, 7) is 0. The van der Waals surface area contributed by atoms with Gasteiger partial charge in [-0.1, -0.05) is 27.5 Å². The molecule has 0 aromatic heterocycles. The van der Waals surface area contributed by atoms with Crippen molar-refractivity contribution in [3.63, 3.8) is 0 Å². The number of carbonyl (C=O) groups is 1. The smallest absolute Gasteiger partial charge is 0.253 e. The highest BCUT2D eigenvalue weighted by atomic mass is 79.9. The molecule has 2 rings (SSSR count). The first kappa shape index (κ1) is 11.0. The zero-order valence-corrected chi connectivity index (χ0v) is 10.7. The number of hydrogen-bond donors (Lipinski definition) is 0. The van der Waals surface area contributed by atoms with E-state index in [9.17, 15) is 4.79 Å². The van der Waals surface area contributed by atoms with Crippen molar-refractivity contribution in [3.05, 3.63) is 33.3 Å². The highest BCUT2D eigenvalue weighted by Gasteiger charge is 2.30. The Labute approximate surface area is 102 Å². The van der Waals surface area contributed by atoms with E-state index in [1.165, 1.54) is 0 Å². The van der Waals surface area contributed by atoms with Crippen molar-refractivity contribution in [3.8, 4) is 0 Å². The van der Waals surface area contributed by atoms with Gasteiger partial charge in [-0.05, 0) is 31.0 Å². The second-order valence-corrected chi connectivity index (χ2v) is 5.16. The van der Waals surface area contributed by atoms with E-state index in [2.05, 4.69) is 15.9 Å². The normalized spacial score (nSPS) is 15.1. The lowest BCUT2D eigenvalue weighted by atomic mass is 10.2. The third kappa shape index (κ3) is 2.52. The fraction of sp³-hybridized carbons (Fsp3) is 0.364. The van der Waals surface area contributed by atoms with E-state index >= 15 is 0 Å². The Bertz CT molecular complexity index is 383. The van der Waals surface area contributed by atoms with Crippen LogP contribution in [0, 0.1) is 0 Å². The molecule has 1 aromatic rings. The SMILES string of the molecule is CN(C(=O)c1cc(Cl)cc(Br)c1)C1CC1. The maximum atomic E-state index is 12.0. The van der Waals surface area contributed by atoms with Crippen LogP contribution in [0.5, 0.6) is 0 Å². The van der Waals surface area contributed by atoms with Gasteiger partial charge in [-0.15, -0.1) is 0 Å². The minimum atomic E-state index is 0.0423. The van der Waals surface area contributed by atoms with E-state index in [4.69, 9.17) is 11.6 Å². The molecule has 0 N–H and O–H groups in total. The summed E-state index contributed by atoms with van der Waals surface area (Å²) in [6, 6.07) is 5.70. The molecule has 0 saturated heterocycles. The molecule has 0 spiro atoms. The molecule has 1 aliphatic rings. The standard InChI is InChI=1S/C11H11BrClNO/c1-14(10-2-3-10)11(15)7-4-8(12)6-9(13)5-7/h4-6,10H,2-3H2,1H3. The minimum Gasteiger partial charge on any atom is -0.339 e. The van der Waals surface area contributed by atoms with Crippen LogP contribution >= 0.6 is 27.5 Å². The molecule has 15 heavy (non-hydrogen) atoms. The number of hydrogen-bond acceptors (Lipinski definition) is 1. The topological polar surface area (TPSA) is 20.3 Å². The van der Waals surface area contributed by atoms with Crippen molar-refractivity contribution in [2.75, 3.05) is 7.05 Å². The third-order valence-electron chi connectivity index (χ3n) is 2.52. The van der Waals surface area contributed by atoms with E-state index in [-0.39, 0.29) is 5.91 Å². The number of amides is 1. The average Bonchev–Trinajstić information content (AvgIpc) is 2.97. The zero-order chi connectivity index (χ0) is 11.0. The Morgan fingerprint density at radius 3 is 2.67 bits per heavy atom. The van der Waals surface area contributed by atoms with Gasteiger partial charge in [-0.25, -0.2) is 0 Å². The lowest BCUT2D eigenvalue weighted by molar-refractivity contribution is 0.0785. The number of rotatable bonds is 2. The summed E-state index contributed by atoms with van der Waals surface area (Å²) in [7, 11) is 1.84. The molecule has 1 fully saturated rings. The Morgan fingerprint density at radius 2 is 2.13 bits per heavy atom. The van der Waals surface area contributed by atoms with Crippen molar-refractivity contribution >= 4 is 33.4 Å². The van der Waals surface area contributed by atoms with Crippen LogP contribution in [0.3, 0.4) is 0 Å². The third-order valence-corrected chi connectivity index (χ3v) is 3.20. The Balaban J connectivity index is 2.24. The number of benzene rings is 1. The van der Waals surface area contributed by atoms with Gasteiger partial charge in [0.2, 0.25) is 0 Å². The first-order chi connectivity index (χ1) is 7.08. The molecule has 1 aliphatic carbocycles. The predicted molar refractivity (Wildman–Crippen MR) is 64.3 cm³/mol. The van der Waals surface area contributed by atoms with Gasteiger partial charge in [0.05, 0.1) is 0 Å². The molecule has 0 atom stereocenters. The van der Waals surface area contributed by atoms with E-state index in [1.54, 1.807) is 23.1 Å². The summed E-state index contributed by atoms with van der Waals surface area (Å²) in [4.78, 5) is 13.8. The second-order valence-electron chi connectivity index (χ2n) is 3.81. The van der Waals surface area contributed by atoms with Crippen LogP contribution in [0.25, 0.3) is 0 Å². The minimum absolute atomic E-state index is 0.0423. The van der Waals surface area contributed by atoms with E-state index < -0.39 is 0 Å². The summed E-state index contributed by atoms with van der Waals surface area (Å²) in [5.74, 6) is 0.0423. The van der Waals surface area contributed by atoms with Gasteiger partial charge in [0.1, 0.15) is 0 Å². The number of halogens is 2. The molecule has 1 amide bonds. The molecular formula is C11H11BrClNO. The summed E-state index contributed by atoms with van der Waals surface area (Å²) in [5.41, 5.74) is 0.642. The van der Waals surface area contributed by atoms with Gasteiger partial charge < -0.3 is 4.90 Å². The quantitative estimate of drug-likeness (QED) is 0.817. The van der Waals surface area contributed by atoms with Crippen molar-refractivity contribution in [1.82, 2.24) is 4.90 Å². The molecule has 0 aliphatic heterocycles. The summed E-state index contributed by atoms with van der Waals surface area (Å²) < 4.78 is 0.836. The van der Waals surface area contributed by atoms with Crippen LogP contribution in [-0.2, 0) is 0 Å². The molecule has 0 radical (unpaired) electrons. The largest absolute Gasteiger partial charge is 0.339 e. The van der Waals surface area contributed by atoms with Gasteiger partial charge in [-0.3, -0.25) is 4.79 Å². The van der Waals surface area contributed by atoms with E-state index in [0.717, 1.165) is 17.3 Å². The Hall–Kier alpha value is -0.540. The number of nitrogens with zero attached hydrogens (tertiary/aromatic N) is 1. The molecule has 80 valence electrons. The number of carbonyl (C=O) groups excluding carboxylic acids is 1. The molecule has 1 aromatic carbocycles. The van der Waals surface area contributed by atoms with Crippen LogP contribution in [0.1, 0.15) is 23.2 Å². The lowest BCUT2D eigenvalue weighted by Gasteiger charge is -2.16. The van der Waals surface area contributed by atoms with Gasteiger partial charge >= 0.3 is 0 Å². The Morgan fingerprint density at radius 1 is 1.47 bits per heavy atom. The van der Waals surface area contributed by atoms with Crippen LogP contribution in [0.4, 0.5) is 0 Å². The highest BCUT2D eigenvalue weighted by Crippen LogP contribution is 2.28. The fourth-order valence-electron chi connectivity index (χ4n) is 1.51. The van der Waals surface area contributed by atoms with Gasteiger partial charge in [0, 0.05) is 28.1 Å². The molecule has 0 bridgehead atoms. The fourth-order valence-corrected chi connectivity index (χ4v) is 2.37. The van der Waals surface area contributed by atoms with Gasteiger partial charge in [0.25, 0.3) is 5.91 Å². The maximum absolute atomic E-state index is 12.0. The monoisotopic (exact) mass is 287 g/mol. The van der Waals surface area contributed by atoms with Crippen LogP contribution in [-0.4, -0.2) is 23.9 Å². The maximum Gasteiger partial charge on any atom is 0.253 e.